The summed E-state index contributed by atoms with van der Waals surface area (Å²) in [6.45, 7) is 3.13. The van der Waals surface area contributed by atoms with Crippen LogP contribution >= 0.6 is 0 Å². The van der Waals surface area contributed by atoms with Crippen LogP contribution in [0, 0.1) is 13.8 Å². The summed E-state index contributed by atoms with van der Waals surface area (Å²) in [4.78, 5) is 39.2. The molecule has 0 saturated heterocycles. The molecule has 10 nitrogen and oxygen atoms in total. The van der Waals surface area contributed by atoms with Gasteiger partial charge in [-0.25, -0.2) is 14.6 Å². The Morgan fingerprint density at radius 1 is 0.895 bits per heavy atom. The van der Waals surface area contributed by atoms with Gasteiger partial charge in [-0.3, -0.25) is 4.79 Å². The van der Waals surface area contributed by atoms with Crippen LogP contribution in [0.5, 0.6) is 11.5 Å². The fourth-order valence-corrected chi connectivity index (χ4v) is 4.17. The normalized spacial score (nSPS) is 11.4. The smallest absolute Gasteiger partial charge is 0.340 e. The van der Waals surface area contributed by atoms with Gasteiger partial charge in [-0.1, -0.05) is 30.3 Å². The molecule has 2 heterocycles. The SMILES string of the molecule is Cc1c2oc3c(C)ccc(C(=O)O)c3nc-2c(C(=O)O)c(N)c1=O.c1ccc2c(c1)Nc1ccccc1O2. The third-order valence-electron chi connectivity index (χ3n) is 6.11. The van der Waals surface area contributed by atoms with Crippen LogP contribution in [0.15, 0.2) is 69.9 Å². The van der Waals surface area contributed by atoms with Crippen LogP contribution < -0.4 is 21.2 Å². The van der Waals surface area contributed by atoms with Gasteiger partial charge in [-0.05, 0) is 49.7 Å². The van der Waals surface area contributed by atoms with Gasteiger partial charge in [0.15, 0.2) is 22.8 Å². The summed E-state index contributed by atoms with van der Waals surface area (Å²) in [5.74, 6) is -0.938. The molecule has 3 aliphatic rings. The third kappa shape index (κ3) is 4.03. The quantitative estimate of drug-likeness (QED) is 0.174. The molecule has 3 aromatic carbocycles. The summed E-state index contributed by atoms with van der Waals surface area (Å²) < 4.78 is 11.4. The average molecular weight is 511 g/mol. The zero-order valence-electron chi connectivity index (χ0n) is 20.2. The molecule has 0 atom stereocenters. The maximum atomic E-state index is 12.1. The first-order valence-electron chi connectivity index (χ1n) is 11.4. The molecular formula is C28H21N3O7. The van der Waals surface area contributed by atoms with E-state index in [2.05, 4.69) is 10.3 Å². The first-order chi connectivity index (χ1) is 18.2. The second-order valence-electron chi connectivity index (χ2n) is 8.57. The van der Waals surface area contributed by atoms with Crippen LogP contribution in [-0.4, -0.2) is 27.1 Å². The molecule has 1 aliphatic carbocycles. The Kier molecular flexibility index (Phi) is 5.92. The lowest BCUT2D eigenvalue weighted by Crippen LogP contribution is -2.20. The zero-order chi connectivity index (χ0) is 27.1. The van der Waals surface area contributed by atoms with Crippen LogP contribution in [-0.2, 0) is 0 Å². The van der Waals surface area contributed by atoms with Crippen molar-refractivity contribution in [3.05, 3.63) is 93.1 Å². The molecule has 0 saturated carbocycles. The summed E-state index contributed by atoms with van der Waals surface area (Å²) >= 11 is 0. The standard InChI is InChI=1S/C16H12N2O6.C12H9NO/c1-5-3-4-7(15(20)21)10-13(5)24-14-6(2)12(19)9(17)8(16(22)23)11(14)18-10;1-3-7-11-9(5-1)13-10-6-2-4-8-12(10)14-11/h3-4H,17H2,1-2H3,(H,20,21)(H,22,23);1-8,13H. The summed E-state index contributed by atoms with van der Waals surface area (Å²) in [6, 6.07) is 18.7. The van der Waals surface area contributed by atoms with E-state index < -0.39 is 28.6 Å². The van der Waals surface area contributed by atoms with E-state index in [0.717, 1.165) is 22.9 Å². The number of nitrogens with one attached hydrogen (secondary N) is 1. The number of para-hydroxylation sites is 4. The molecule has 2 aliphatic heterocycles. The van der Waals surface area contributed by atoms with E-state index in [-0.39, 0.29) is 33.7 Å². The van der Waals surface area contributed by atoms with Gasteiger partial charge in [0.2, 0.25) is 5.43 Å². The summed E-state index contributed by atoms with van der Waals surface area (Å²) in [6.07, 6.45) is 0. The maximum absolute atomic E-state index is 12.1. The molecule has 0 amide bonds. The number of hydrogen-bond acceptors (Lipinski definition) is 8. The molecular weight excluding hydrogens is 490 g/mol. The fraction of sp³-hybridized carbons (Fsp3) is 0.0714. The van der Waals surface area contributed by atoms with Crippen molar-refractivity contribution in [1.82, 2.24) is 4.98 Å². The van der Waals surface area contributed by atoms with Crippen molar-refractivity contribution in [3.8, 4) is 23.0 Å². The van der Waals surface area contributed by atoms with E-state index >= 15 is 0 Å². The summed E-state index contributed by atoms with van der Waals surface area (Å²) in [5, 5.41) is 22.0. The Hall–Kier alpha value is -5.38. The number of carbonyl (C=O) groups is 2. The minimum absolute atomic E-state index is 0.00468. The highest BCUT2D eigenvalue weighted by atomic mass is 16.5. The van der Waals surface area contributed by atoms with E-state index in [9.17, 15) is 24.6 Å². The number of hydrogen-bond donors (Lipinski definition) is 4. The van der Waals surface area contributed by atoms with Crippen LogP contribution in [0.2, 0.25) is 0 Å². The number of nitrogens with two attached hydrogens (primary N) is 1. The number of aryl methyl sites for hydroxylation is 1. The molecule has 10 heteroatoms. The first kappa shape index (κ1) is 24.3. The molecule has 0 fully saturated rings. The van der Waals surface area contributed by atoms with Crippen LogP contribution in [0.1, 0.15) is 31.8 Å². The highest BCUT2D eigenvalue weighted by molar-refractivity contribution is 6.05. The maximum Gasteiger partial charge on any atom is 0.340 e. The van der Waals surface area contributed by atoms with Gasteiger partial charge in [-0.15, -0.1) is 0 Å². The van der Waals surface area contributed by atoms with Crippen LogP contribution in [0.3, 0.4) is 0 Å². The van der Waals surface area contributed by atoms with Gasteiger partial charge in [0, 0.05) is 5.56 Å². The Labute approximate surface area is 215 Å². The highest BCUT2D eigenvalue weighted by Gasteiger charge is 2.28. The van der Waals surface area contributed by atoms with Gasteiger partial charge >= 0.3 is 11.9 Å². The Morgan fingerprint density at radius 3 is 2.08 bits per heavy atom. The molecule has 0 bridgehead atoms. The van der Waals surface area contributed by atoms with Gasteiger partial charge in [0.05, 0.1) is 22.6 Å². The number of fused-ring (bicyclic) bond motifs is 4. The van der Waals surface area contributed by atoms with Crippen molar-refractivity contribution in [2.75, 3.05) is 11.1 Å². The number of benzene rings is 4. The Balaban J connectivity index is 0.000000177. The lowest BCUT2D eigenvalue weighted by molar-refractivity contribution is 0.0688. The highest BCUT2D eigenvalue weighted by Crippen LogP contribution is 2.41. The number of anilines is 3. The summed E-state index contributed by atoms with van der Waals surface area (Å²) in [7, 11) is 0. The summed E-state index contributed by atoms with van der Waals surface area (Å²) in [5.41, 5.74) is 6.65. The molecule has 3 aromatic rings. The van der Waals surface area contributed by atoms with Gasteiger partial charge in [-0.2, -0.15) is 0 Å². The van der Waals surface area contributed by atoms with Crippen molar-refractivity contribution < 1.29 is 29.0 Å². The second-order valence-corrected chi connectivity index (χ2v) is 8.57. The monoisotopic (exact) mass is 511 g/mol. The molecule has 0 spiro atoms. The van der Waals surface area contributed by atoms with E-state index in [1.807, 2.05) is 48.5 Å². The number of nitrogen functional groups attached to an aromatic ring is 1. The Bertz CT molecular complexity index is 1700. The minimum atomic E-state index is -1.44. The number of ether oxygens (including phenoxy) is 1. The van der Waals surface area contributed by atoms with Crippen LogP contribution in [0.4, 0.5) is 17.1 Å². The number of carboxylic acid groups (broad SMARTS) is 2. The van der Waals surface area contributed by atoms with Gasteiger partial charge in [0.25, 0.3) is 0 Å². The molecule has 0 unspecified atom stereocenters. The molecule has 5 N–H and O–H groups in total. The van der Waals surface area contributed by atoms with E-state index in [1.165, 1.54) is 13.0 Å². The molecule has 6 rings (SSSR count). The van der Waals surface area contributed by atoms with E-state index in [4.69, 9.17) is 14.9 Å². The zero-order valence-corrected chi connectivity index (χ0v) is 20.2. The van der Waals surface area contributed by atoms with E-state index in [1.54, 1.807) is 13.0 Å². The number of nitrogens with zero attached hydrogens (tertiary/aromatic N) is 1. The van der Waals surface area contributed by atoms with Crippen molar-refractivity contribution in [2.24, 2.45) is 0 Å². The van der Waals surface area contributed by atoms with Crippen molar-refractivity contribution in [1.29, 1.82) is 0 Å². The average Bonchev–Trinajstić information content (AvgIpc) is 2.90. The lowest BCUT2D eigenvalue weighted by atomic mass is 10.0. The van der Waals surface area contributed by atoms with Gasteiger partial charge in [0.1, 0.15) is 16.8 Å². The molecule has 0 radical (unpaired) electrons. The largest absolute Gasteiger partial charge is 0.478 e. The van der Waals surface area contributed by atoms with Crippen LogP contribution in [0.25, 0.3) is 22.6 Å². The predicted octanol–water partition coefficient (Wildman–Crippen LogP) is 5.42. The van der Waals surface area contributed by atoms with Crippen molar-refractivity contribution in [3.63, 3.8) is 0 Å². The van der Waals surface area contributed by atoms with E-state index in [0.29, 0.717) is 5.56 Å². The van der Waals surface area contributed by atoms with Gasteiger partial charge < -0.3 is 30.4 Å². The lowest BCUT2D eigenvalue weighted by Gasteiger charge is -2.20. The number of aromatic carboxylic acids is 2. The number of rotatable bonds is 2. The second kappa shape index (κ2) is 9.25. The fourth-order valence-electron chi connectivity index (χ4n) is 4.17. The first-order valence-corrected chi connectivity index (χ1v) is 11.4. The number of carboxylic acids is 2. The molecule has 38 heavy (non-hydrogen) atoms. The molecule has 190 valence electrons. The molecule has 0 aromatic heterocycles. The number of aromatic nitrogens is 1. The van der Waals surface area contributed by atoms with Crippen molar-refractivity contribution >= 4 is 40.1 Å². The topological polar surface area (TPSA) is 165 Å². The predicted molar refractivity (Wildman–Crippen MR) is 141 cm³/mol. The third-order valence-corrected chi connectivity index (χ3v) is 6.11. The van der Waals surface area contributed by atoms with Crippen molar-refractivity contribution in [2.45, 2.75) is 13.8 Å². The Morgan fingerprint density at radius 2 is 1.50 bits per heavy atom. The minimum Gasteiger partial charge on any atom is -0.478 e.